The van der Waals surface area contributed by atoms with Crippen LogP contribution in [0.25, 0.3) is 0 Å². The van der Waals surface area contributed by atoms with Gasteiger partial charge in [-0.1, -0.05) is 0 Å². The molecule has 109 valence electrons. The van der Waals surface area contributed by atoms with E-state index in [1.165, 1.54) is 31.7 Å². The Kier molecular flexibility index (Phi) is 4.45. The molecule has 1 atom stereocenters. The van der Waals surface area contributed by atoms with Crippen LogP contribution in [0.4, 0.5) is 0 Å². The molecule has 0 fully saturated rings. The van der Waals surface area contributed by atoms with Crippen LogP contribution >= 0.6 is 0 Å². The molecule has 1 unspecified atom stereocenters. The summed E-state index contributed by atoms with van der Waals surface area (Å²) in [4.78, 5) is 0. The zero-order chi connectivity index (χ0) is 15.0. The maximum atomic E-state index is 2.53. The SMILES string of the molecule is CC1C(C[Si](C)(C)c2ccccc2)=[C]([Ti])C2=C1CCCC2. The van der Waals surface area contributed by atoms with E-state index in [2.05, 4.69) is 70.8 Å². The van der Waals surface area contributed by atoms with Gasteiger partial charge in [0.05, 0.1) is 0 Å². The Morgan fingerprint density at radius 2 is 1.76 bits per heavy atom. The van der Waals surface area contributed by atoms with Crippen LogP contribution in [-0.4, -0.2) is 8.07 Å². The molecule has 0 aromatic heterocycles. The molecule has 0 heterocycles. The first-order chi connectivity index (χ1) is 10.0. The second-order valence-corrected chi connectivity index (χ2v) is 12.7. The topological polar surface area (TPSA) is 0 Å². The summed E-state index contributed by atoms with van der Waals surface area (Å²) in [5, 5.41) is 1.60. The van der Waals surface area contributed by atoms with Gasteiger partial charge >= 0.3 is 142 Å². The van der Waals surface area contributed by atoms with Gasteiger partial charge in [-0.15, -0.1) is 0 Å². The van der Waals surface area contributed by atoms with Crippen LogP contribution in [0.2, 0.25) is 19.1 Å². The molecule has 0 radical (unpaired) electrons. The van der Waals surface area contributed by atoms with Crippen molar-refractivity contribution in [1.82, 2.24) is 0 Å². The first-order valence-corrected chi connectivity index (χ1v) is 12.2. The number of hydrogen-bond donors (Lipinski definition) is 0. The number of allylic oxidation sites excluding steroid dienone is 4. The second kappa shape index (κ2) is 6.02. The van der Waals surface area contributed by atoms with Crippen LogP contribution in [0, 0.1) is 5.92 Å². The number of hydrogen-bond acceptors (Lipinski definition) is 0. The molecule has 0 saturated carbocycles. The zero-order valence-electron chi connectivity index (χ0n) is 13.5. The fourth-order valence-corrected chi connectivity index (χ4v) is 7.95. The quantitative estimate of drug-likeness (QED) is 0.690. The van der Waals surface area contributed by atoms with E-state index in [-0.39, 0.29) is 0 Å². The molecular weight excluding hydrogens is 304 g/mol. The van der Waals surface area contributed by atoms with E-state index in [0.717, 1.165) is 5.92 Å². The average Bonchev–Trinajstić information content (AvgIpc) is 2.74. The summed E-state index contributed by atoms with van der Waals surface area (Å²) < 4.78 is 1.66. The van der Waals surface area contributed by atoms with Crippen molar-refractivity contribution in [3.05, 3.63) is 50.9 Å². The van der Waals surface area contributed by atoms with Crippen molar-refractivity contribution in [3.63, 3.8) is 0 Å². The van der Waals surface area contributed by atoms with Crippen LogP contribution in [0.3, 0.4) is 0 Å². The fraction of sp³-hybridized carbons (Fsp3) is 0.474. The van der Waals surface area contributed by atoms with Gasteiger partial charge in [0.1, 0.15) is 0 Å². The van der Waals surface area contributed by atoms with Gasteiger partial charge in [0.2, 0.25) is 0 Å². The summed E-state index contributed by atoms with van der Waals surface area (Å²) in [5.74, 6) is 0.718. The van der Waals surface area contributed by atoms with Crippen LogP contribution < -0.4 is 5.19 Å². The molecule has 0 amide bonds. The molecule has 0 N–H and O–H groups in total. The Morgan fingerprint density at radius 1 is 1.10 bits per heavy atom. The Hall–Kier alpha value is -0.369. The van der Waals surface area contributed by atoms with E-state index >= 15 is 0 Å². The second-order valence-electron chi connectivity index (χ2n) is 7.26. The normalized spacial score (nSPS) is 22.7. The van der Waals surface area contributed by atoms with Crippen molar-refractivity contribution < 1.29 is 20.4 Å². The predicted octanol–water partition coefficient (Wildman–Crippen LogP) is 4.92. The van der Waals surface area contributed by atoms with Gasteiger partial charge in [-0.2, -0.15) is 0 Å². The van der Waals surface area contributed by atoms with Gasteiger partial charge in [0, 0.05) is 0 Å². The molecule has 3 rings (SSSR count). The summed E-state index contributed by atoms with van der Waals surface area (Å²) in [7, 11) is -1.38. The number of rotatable bonds is 3. The van der Waals surface area contributed by atoms with E-state index in [1.807, 2.05) is 0 Å². The van der Waals surface area contributed by atoms with Crippen molar-refractivity contribution in [2.45, 2.75) is 51.7 Å². The molecule has 0 spiro atoms. The minimum atomic E-state index is -1.38. The Labute approximate surface area is 142 Å². The van der Waals surface area contributed by atoms with E-state index < -0.39 is 8.07 Å². The maximum absolute atomic E-state index is 2.53. The molecular formula is C19H25SiTi. The van der Waals surface area contributed by atoms with Crippen LogP contribution in [-0.2, 0) is 20.4 Å². The molecule has 2 aliphatic carbocycles. The van der Waals surface area contributed by atoms with Gasteiger partial charge in [-0.05, 0) is 0 Å². The Bertz CT molecular complexity index is 595. The van der Waals surface area contributed by atoms with Crippen molar-refractivity contribution in [1.29, 1.82) is 0 Å². The third-order valence-electron chi connectivity index (χ3n) is 5.37. The standard InChI is InChI=1S/C19H25Si.Ti/c1-15-17(13-16-9-7-8-12-19(15)16)14-20(2,3)18-10-5-4-6-11-18;/h4-6,10-11,15H,7-9,12,14H2,1-3H3;. The van der Waals surface area contributed by atoms with Gasteiger partial charge < -0.3 is 0 Å². The van der Waals surface area contributed by atoms with Crippen molar-refractivity contribution >= 4 is 13.3 Å². The van der Waals surface area contributed by atoms with E-state index in [0.29, 0.717) is 0 Å². The van der Waals surface area contributed by atoms with Gasteiger partial charge in [0.15, 0.2) is 0 Å². The van der Waals surface area contributed by atoms with Crippen LogP contribution in [0.15, 0.2) is 50.9 Å². The van der Waals surface area contributed by atoms with Crippen LogP contribution in [0.5, 0.6) is 0 Å². The van der Waals surface area contributed by atoms with E-state index in [9.17, 15) is 0 Å². The van der Waals surface area contributed by atoms with Crippen molar-refractivity contribution in [3.8, 4) is 0 Å². The summed E-state index contributed by atoms with van der Waals surface area (Å²) in [6.45, 7) is 7.53. The summed E-state index contributed by atoms with van der Waals surface area (Å²) in [6, 6.07) is 12.6. The number of benzene rings is 1. The first-order valence-electron chi connectivity index (χ1n) is 8.23. The fourth-order valence-electron chi connectivity index (χ4n) is 4.02. The molecule has 1 aromatic rings. The molecule has 1 aromatic carbocycles. The van der Waals surface area contributed by atoms with Gasteiger partial charge in [-0.25, -0.2) is 0 Å². The monoisotopic (exact) mass is 329 g/mol. The Balaban J connectivity index is 1.87. The van der Waals surface area contributed by atoms with Crippen LogP contribution in [0.1, 0.15) is 32.6 Å². The summed E-state index contributed by atoms with van der Waals surface area (Å²) in [6.07, 6.45) is 5.49. The van der Waals surface area contributed by atoms with Crippen molar-refractivity contribution in [2.75, 3.05) is 0 Å². The molecule has 0 aliphatic heterocycles. The van der Waals surface area contributed by atoms with E-state index in [1.54, 1.807) is 25.8 Å². The van der Waals surface area contributed by atoms with Gasteiger partial charge in [0.25, 0.3) is 0 Å². The minimum absolute atomic E-state index is 0.718. The molecule has 21 heavy (non-hydrogen) atoms. The molecule has 0 bridgehead atoms. The molecule has 2 heteroatoms. The summed E-state index contributed by atoms with van der Waals surface area (Å²) in [5.41, 5.74) is 5.29. The zero-order valence-corrected chi connectivity index (χ0v) is 16.1. The Morgan fingerprint density at radius 3 is 2.43 bits per heavy atom. The third kappa shape index (κ3) is 2.93. The molecule has 0 nitrogen and oxygen atoms in total. The average molecular weight is 329 g/mol. The molecule has 2 aliphatic rings. The van der Waals surface area contributed by atoms with E-state index in [4.69, 9.17) is 0 Å². The van der Waals surface area contributed by atoms with Crippen molar-refractivity contribution in [2.24, 2.45) is 5.92 Å². The third-order valence-corrected chi connectivity index (χ3v) is 9.50. The molecule has 0 saturated heterocycles. The van der Waals surface area contributed by atoms with Gasteiger partial charge in [-0.3, -0.25) is 0 Å². The summed E-state index contributed by atoms with van der Waals surface area (Å²) >= 11 is 2.40. The predicted molar refractivity (Wildman–Crippen MR) is 90.0 cm³/mol. The first kappa shape index (κ1) is 15.5.